The van der Waals surface area contributed by atoms with Crippen molar-refractivity contribution in [3.63, 3.8) is 0 Å². The fourth-order valence-corrected chi connectivity index (χ4v) is 2.18. The van der Waals surface area contributed by atoms with E-state index in [1.54, 1.807) is 26.8 Å². The van der Waals surface area contributed by atoms with E-state index in [0.29, 0.717) is 12.2 Å². The topological polar surface area (TPSA) is 88.8 Å². The van der Waals surface area contributed by atoms with Gasteiger partial charge in [-0.3, -0.25) is 0 Å². The summed E-state index contributed by atoms with van der Waals surface area (Å²) < 4.78 is 10.6. The van der Waals surface area contributed by atoms with Gasteiger partial charge in [0.05, 0.1) is 6.04 Å². The van der Waals surface area contributed by atoms with Crippen molar-refractivity contribution in [3.05, 3.63) is 59.5 Å². The van der Waals surface area contributed by atoms with Gasteiger partial charge in [-0.05, 0) is 38.5 Å². The number of carboxylic acid groups (broad SMARTS) is 1. The molecule has 0 radical (unpaired) electrons. The smallest absolute Gasteiger partial charge is 0.408 e. The molecule has 2 N–H and O–H groups in total. The molecule has 1 amide bonds. The first-order valence-corrected chi connectivity index (χ1v) is 7.61. The molecule has 1 heterocycles. The van der Waals surface area contributed by atoms with Crippen LogP contribution in [0.5, 0.6) is 0 Å². The van der Waals surface area contributed by atoms with E-state index < -0.39 is 23.7 Å². The van der Waals surface area contributed by atoms with Gasteiger partial charge >= 0.3 is 12.1 Å². The molecule has 0 fully saturated rings. The maximum absolute atomic E-state index is 12.1. The molecule has 0 saturated heterocycles. The number of aromatic carboxylic acids is 1. The van der Waals surface area contributed by atoms with Crippen LogP contribution in [0.1, 0.15) is 56.1 Å². The molecule has 1 atom stereocenters. The summed E-state index contributed by atoms with van der Waals surface area (Å²) in [6.07, 6.45) is -0.135. The first-order chi connectivity index (χ1) is 11.2. The van der Waals surface area contributed by atoms with Gasteiger partial charge in [-0.25, -0.2) is 9.59 Å². The summed E-state index contributed by atoms with van der Waals surface area (Å²) >= 11 is 0. The predicted octanol–water partition coefficient (Wildman–Crippen LogP) is 4.42. The Labute approximate surface area is 147 Å². The lowest BCUT2D eigenvalue weighted by atomic mass is 10.0. The summed E-state index contributed by atoms with van der Waals surface area (Å²) in [6.45, 7) is 5.32. The molecule has 0 aliphatic heterocycles. The number of amides is 1. The van der Waals surface area contributed by atoms with Crippen molar-refractivity contribution in [1.29, 1.82) is 0 Å². The summed E-state index contributed by atoms with van der Waals surface area (Å²) in [5, 5.41) is 11.7. The second kappa shape index (κ2) is 8.37. The molecule has 2 aromatic rings. The van der Waals surface area contributed by atoms with E-state index in [2.05, 4.69) is 5.32 Å². The van der Waals surface area contributed by atoms with Gasteiger partial charge in [-0.2, -0.15) is 0 Å². The molecule has 136 valence electrons. The minimum Gasteiger partial charge on any atom is -0.475 e. The average molecular weight is 347 g/mol. The summed E-state index contributed by atoms with van der Waals surface area (Å²) in [4.78, 5) is 23.1. The molecular formula is C19H25NO5. The molecule has 2 rings (SSSR count). The third-order valence-corrected chi connectivity index (χ3v) is 3.15. The van der Waals surface area contributed by atoms with Crippen molar-refractivity contribution in [2.45, 2.75) is 46.3 Å². The fourth-order valence-electron chi connectivity index (χ4n) is 2.18. The number of ether oxygens (including phenoxy) is 1. The summed E-state index contributed by atoms with van der Waals surface area (Å²) in [5.74, 6) is -0.965. The summed E-state index contributed by atoms with van der Waals surface area (Å²) in [6, 6.07) is 11.9. The van der Waals surface area contributed by atoms with Gasteiger partial charge in [0.2, 0.25) is 5.76 Å². The molecule has 6 heteroatoms. The highest BCUT2D eigenvalue weighted by molar-refractivity contribution is 5.84. The Hall–Kier alpha value is -2.76. The number of hydrogen-bond donors (Lipinski definition) is 2. The largest absolute Gasteiger partial charge is 0.475 e. The van der Waals surface area contributed by atoms with E-state index in [4.69, 9.17) is 14.3 Å². The van der Waals surface area contributed by atoms with Gasteiger partial charge in [-0.15, -0.1) is 0 Å². The van der Waals surface area contributed by atoms with Gasteiger partial charge < -0.3 is 19.6 Å². The van der Waals surface area contributed by atoms with Gasteiger partial charge in [0, 0.05) is 6.42 Å². The average Bonchev–Trinajstić information content (AvgIpc) is 2.95. The lowest BCUT2D eigenvalue weighted by Gasteiger charge is -2.23. The molecular weight excluding hydrogens is 322 g/mol. The molecule has 0 spiro atoms. The first-order valence-electron chi connectivity index (χ1n) is 7.61. The number of nitrogens with one attached hydrogen (secondary N) is 1. The van der Waals surface area contributed by atoms with Crippen LogP contribution in [0.25, 0.3) is 0 Å². The SMILES string of the molecule is C.CC(C)(C)OC(=O)N[C@H](Cc1ccccc1)c1ccc(C(=O)O)o1. The standard InChI is InChI=1S/C18H21NO5.CH4/c1-18(2,3)24-17(22)19-13(11-12-7-5-4-6-8-12)14-9-10-15(23-14)16(20)21;/h4-10,13H,11H2,1-3H3,(H,19,22)(H,20,21);1H4/t13-;/m1./s1. The Bertz CT molecular complexity index is 700. The summed E-state index contributed by atoms with van der Waals surface area (Å²) in [5.41, 5.74) is 0.350. The van der Waals surface area contributed by atoms with Crippen molar-refractivity contribution in [3.8, 4) is 0 Å². The zero-order valence-electron chi connectivity index (χ0n) is 13.9. The number of carbonyl (C=O) groups is 2. The summed E-state index contributed by atoms with van der Waals surface area (Å²) in [7, 11) is 0. The highest BCUT2D eigenvalue weighted by atomic mass is 16.6. The van der Waals surface area contributed by atoms with Crippen LogP contribution < -0.4 is 5.32 Å². The Morgan fingerprint density at radius 3 is 2.32 bits per heavy atom. The van der Waals surface area contributed by atoms with E-state index in [-0.39, 0.29) is 13.2 Å². The number of carboxylic acids is 1. The maximum Gasteiger partial charge on any atom is 0.408 e. The second-order valence-corrected chi connectivity index (χ2v) is 6.40. The molecule has 6 nitrogen and oxygen atoms in total. The van der Waals surface area contributed by atoms with Crippen molar-refractivity contribution < 1.29 is 23.8 Å². The zero-order valence-corrected chi connectivity index (χ0v) is 13.9. The molecule has 0 aliphatic rings. The van der Waals surface area contributed by atoms with Gasteiger partial charge in [0.15, 0.2) is 0 Å². The lowest BCUT2D eigenvalue weighted by Crippen LogP contribution is -2.35. The second-order valence-electron chi connectivity index (χ2n) is 6.40. The number of hydrogen-bond acceptors (Lipinski definition) is 4. The Kier molecular flexibility index (Phi) is 6.79. The first kappa shape index (κ1) is 20.3. The predicted molar refractivity (Wildman–Crippen MR) is 94.7 cm³/mol. The van der Waals surface area contributed by atoms with Crippen LogP contribution in [0.15, 0.2) is 46.9 Å². The number of furan rings is 1. The van der Waals surface area contributed by atoms with Crippen LogP contribution in [0, 0.1) is 0 Å². The van der Waals surface area contributed by atoms with Gasteiger partial charge in [0.25, 0.3) is 0 Å². The third kappa shape index (κ3) is 6.33. The number of carbonyl (C=O) groups excluding carboxylic acids is 1. The third-order valence-electron chi connectivity index (χ3n) is 3.15. The monoisotopic (exact) mass is 347 g/mol. The quantitative estimate of drug-likeness (QED) is 0.835. The van der Waals surface area contributed by atoms with Crippen molar-refractivity contribution in [2.75, 3.05) is 0 Å². The molecule has 0 unspecified atom stereocenters. The fraction of sp³-hybridized carbons (Fsp3) is 0.368. The van der Waals surface area contributed by atoms with E-state index in [1.165, 1.54) is 6.07 Å². The molecule has 0 aliphatic carbocycles. The van der Waals surface area contributed by atoms with Crippen LogP contribution in [0.4, 0.5) is 4.79 Å². The molecule has 1 aromatic carbocycles. The van der Waals surface area contributed by atoms with E-state index >= 15 is 0 Å². The highest BCUT2D eigenvalue weighted by Crippen LogP contribution is 2.22. The molecule has 0 bridgehead atoms. The van der Waals surface area contributed by atoms with Gasteiger partial charge in [-0.1, -0.05) is 37.8 Å². The van der Waals surface area contributed by atoms with Crippen LogP contribution in [0.3, 0.4) is 0 Å². The van der Waals surface area contributed by atoms with Crippen LogP contribution in [0.2, 0.25) is 0 Å². The lowest BCUT2D eigenvalue weighted by molar-refractivity contribution is 0.0497. The minimum atomic E-state index is -1.16. The Morgan fingerprint density at radius 2 is 1.80 bits per heavy atom. The van der Waals surface area contributed by atoms with Gasteiger partial charge in [0.1, 0.15) is 11.4 Å². The molecule has 1 aromatic heterocycles. The molecule has 25 heavy (non-hydrogen) atoms. The van der Waals surface area contributed by atoms with Crippen LogP contribution in [-0.4, -0.2) is 22.8 Å². The van der Waals surface area contributed by atoms with Crippen LogP contribution >= 0.6 is 0 Å². The minimum absolute atomic E-state index is 0. The number of alkyl carbamates (subject to hydrolysis) is 1. The number of benzene rings is 1. The molecule has 0 saturated carbocycles. The van der Waals surface area contributed by atoms with E-state index in [1.807, 2.05) is 30.3 Å². The normalized spacial score (nSPS) is 12.0. The van der Waals surface area contributed by atoms with Crippen molar-refractivity contribution in [2.24, 2.45) is 0 Å². The van der Waals surface area contributed by atoms with E-state index in [0.717, 1.165) is 5.56 Å². The zero-order chi connectivity index (χ0) is 17.7. The van der Waals surface area contributed by atoms with Crippen LogP contribution in [-0.2, 0) is 11.2 Å². The Morgan fingerprint density at radius 1 is 1.16 bits per heavy atom. The van der Waals surface area contributed by atoms with Crippen molar-refractivity contribution >= 4 is 12.1 Å². The highest BCUT2D eigenvalue weighted by Gasteiger charge is 2.24. The maximum atomic E-state index is 12.1. The van der Waals surface area contributed by atoms with Crippen molar-refractivity contribution in [1.82, 2.24) is 5.32 Å². The number of rotatable bonds is 5. The van der Waals surface area contributed by atoms with E-state index in [9.17, 15) is 9.59 Å². The Balaban J connectivity index is 0.00000312.